The number of carbonyl (C=O) groups is 1. The number of nitrogen functional groups attached to an aromatic ring is 1. The molecule has 0 unspecified atom stereocenters. The molecule has 0 saturated carbocycles. The normalized spacial score (nSPS) is 10.1. The third-order valence-corrected chi connectivity index (χ3v) is 2.89. The minimum absolute atomic E-state index is 0.232. The van der Waals surface area contributed by atoms with E-state index in [2.05, 4.69) is 0 Å². The van der Waals surface area contributed by atoms with E-state index in [-0.39, 0.29) is 6.61 Å². The molecule has 0 fully saturated rings. The number of nitrogens with two attached hydrogens (primary N) is 1. The van der Waals surface area contributed by atoms with Gasteiger partial charge in [-0.25, -0.2) is 4.79 Å². The summed E-state index contributed by atoms with van der Waals surface area (Å²) < 4.78 is 10.3. The van der Waals surface area contributed by atoms with Gasteiger partial charge in [0.15, 0.2) is 0 Å². The molecule has 0 aromatic heterocycles. The smallest absolute Gasteiger partial charge is 0.338 e. The van der Waals surface area contributed by atoms with E-state index in [9.17, 15) is 4.79 Å². The first-order valence-electron chi connectivity index (χ1n) is 6.25. The lowest BCUT2D eigenvalue weighted by Crippen LogP contribution is -2.06. The molecule has 4 heteroatoms. The van der Waals surface area contributed by atoms with Gasteiger partial charge in [-0.1, -0.05) is 29.8 Å². The van der Waals surface area contributed by atoms with Crippen molar-refractivity contribution in [2.75, 3.05) is 12.8 Å². The number of benzene rings is 2. The van der Waals surface area contributed by atoms with E-state index in [0.29, 0.717) is 17.0 Å². The van der Waals surface area contributed by atoms with E-state index in [4.69, 9.17) is 15.2 Å². The van der Waals surface area contributed by atoms with Crippen LogP contribution in [0.3, 0.4) is 0 Å². The van der Waals surface area contributed by atoms with Crippen LogP contribution in [0.5, 0.6) is 5.75 Å². The zero-order valence-electron chi connectivity index (χ0n) is 11.6. The van der Waals surface area contributed by atoms with E-state index < -0.39 is 5.97 Å². The Hall–Kier alpha value is -2.49. The molecule has 0 bridgehead atoms. The largest absolute Gasteiger partial charge is 0.497 e. The van der Waals surface area contributed by atoms with Crippen LogP contribution in [-0.2, 0) is 11.3 Å². The summed E-state index contributed by atoms with van der Waals surface area (Å²) in [7, 11) is 1.52. The zero-order valence-corrected chi connectivity index (χ0v) is 11.6. The highest BCUT2D eigenvalue weighted by Gasteiger charge is 2.10. The summed E-state index contributed by atoms with van der Waals surface area (Å²) in [6.07, 6.45) is 0. The van der Waals surface area contributed by atoms with Crippen LogP contribution >= 0.6 is 0 Å². The first-order chi connectivity index (χ1) is 9.58. The second-order valence-corrected chi connectivity index (χ2v) is 4.56. The lowest BCUT2D eigenvalue weighted by Gasteiger charge is -2.08. The molecule has 0 heterocycles. The predicted octanol–water partition coefficient (Wildman–Crippen LogP) is 2.94. The Morgan fingerprint density at radius 3 is 2.50 bits per heavy atom. The van der Waals surface area contributed by atoms with Gasteiger partial charge < -0.3 is 15.2 Å². The summed E-state index contributed by atoms with van der Waals surface area (Å²) in [4.78, 5) is 12.0. The third-order valence-electron chi connectivity index (χ3n) is 2.89. The molecule has 2 aromatic rings. The first-order valence-corrected chi connectivity index (χ1v) is 6.25. The Morgan fingerprint density at radius 1 is 1.15 bits per heavy atom. The Morgan fingerprint density at radius 2 is 1.85 bits per heavy atom. The topological polar surface area (TPSA) is 61.5 Å². The molecular weight excluding hydrogens is 254 g/mol. The maximum Gasteiger partial charge on any atom is 0.338 e. The van der Waals surface area contributed by atoms with Gasteiger partial charge in [0.2, 0.25) is 0 Å². The lowest BCUT2D eigenvalue weighted by atomic mass is 10.1. The van der Waals surface area contributed by atoms with Crippen LogP contribution in [-0.4, -0.2) is 13.1 Å². The van der Waals surface area contributed by atoms with E-state index in [0.717, 1.165) is 5.56 Å². The summed E-state index contributed by atoms with van der Waals surface area (Å²) >= 11 is 0. The zero-order chi connectivity index (χ0) is 14.5. The number of aryl methyl sites for hydroxylation is 1. The van der Waals surface area contributed by atoms with Crippen molar-refractivity contribution >= 4 is 11.7 Å². The quantitative estimate of drug-likeness (QED) is 0.686. The van der Waals surface area contributed by atoms with Crippen molar-refractivity contribution < 1.29 is 14.3 Å². The molecule has 0 radical (unpaired) electrons. The van der Waals surface area contributed by atoms with Gasteiger partial charge in [0.25, 0.3) is 0 Å². The number of carbonyl (C=O) groups excluding carboxylic acids is 1. The van der Waals surface area contributed by atoms with Crippen LogP contribution < -0.4 is 10.5 Å². The van der Waals surface area contributed by atoms with Crippen molar-refractivity contribution in [2.24, 2.45) is 0 Å². The molecule has 0 aliphatic rings. The Kier molecular flexibility index (Phi) is 4.25. The molecule has 104 valence electrons. The van der Waals surface area contributed by atoms with Crippen LogP contribution in [0.15, 0.2) is 42.5 Å². The van der Waals surface area contributed by atoms with Crippen LogP contribution in [0.2, 0.25) is 0 Å². The molecule has 0 aliphatic carbocycles. The van der Waals surface area contributed by atoms with Crippen LogP contribution in [0.4, 0.5) is 5.69 Å². The molecule has 0 atom stereocenters. The minimum atomic E-state index is -0.420. The number of methoxy groups -OCH3 is 1. The van der Waals surface area contributed by atoms with Crippen molar-refractivity contribution in [3.05, 3.63) is 59.2 Å². The molecule has 2 aromatic carbocycles. The molecule has 0 amide bonds. The van der Waals surface area contributed by atoms with Gasteiger partial charge in [-0.2, -0.15) is 0 Å². The highest BCUT2D eigenvalue weighted by Crippen LogP contribution is 2.19. The van der Waals surface area contributed by atoms with Crippen LogP contribution in [0.25, 0.3) is 0 Å². The van der Waals surface area contributed by atoms with Gasteiger partial charge in [-0.3, -0.25) is 0 Å². The molecule has 4 nitrogen and oxygen atoms in total. The van der Waals surface area contributed by atoms with Crippen molar-refractivity contribution in [3.63, 3.8) is 0 Å². The second kappa shape index (κ2) is 6.10. The lowest BCUT2D eigenvalue weighted by molar-refractivity contribution is 0.0472. The van der Waals surface area contributed by atoms with Gasteiger partial charge in [0.1, 0.15) is 12.4 Å². The molecular formula is C16H17NO3. The number of rotatable bonds is 4. The molecule has 0 saturated heterocycles. The Bertz CT molecular complexity index is 606. The number of hydrogen-bond donors (Lipinski definition) is 1. The van der Waals surface area contributed by atoms with Gasteiger partial charge in [-0.15, -0.1) is 0 Å². The van der Waals surface area contributed by atoms with Crippen molar-refractivity contribution in [1.29, 1.82) is 0 Å². The van der Waals surface area contributed by atoms with E-state index >= 15 is 0 Å². The van der Waals surface area contributed by atoms with Gasteiger partial charge >= 0.3 is 5.97 Å². The fourth-order valence-electron chi connectivity index (χ4n) is 1.77. The van der Waals surface area contributed by atoms with Gasteiger partial charge in [0, 0.05) is 11.8 Å². The Labute approximate surface area is 118 Å². The summed E-state index contributed by atoms with van der Waals surface area (Å²) in [6, 6.07) is 12.6. The van der Waals surface area contributed by atoms with E-state index in [1.165, 1.54) is 12.7 Å². The average Bonchev–Trinajstić information content (AvgIpc) is 2.45. The number of hydrogen-bond acceptors (Lipinski definition) is 4. The van der Waals surface area contributed by atoms with Gasteiger partial charge in [-0.05, 0) is 24.6 Å². The summed E-state index contributed by atoms with van der Waals surface area (Å²) in [5.41, 5.74) is 8.67. The highest BCUT2D eigenvalue weighted by atomic mass is 16.5. The van der Waals surface area contributed by atoms with Crippen LogP contribution in [0.1, 0.15) is 21.5 Å². The third kappa shape index (κ3) is 3.51. The fourth-order valence-corrected chi connectivity index (χ4v) is 1.77. The summed E-state index contributed by atoms with van der Waals surface area (Å²) in [6.45, 7) is 2.24. The van der Waals surface area contributed by atoms with Crippen molar-refractivity contribution in [1.82, 2.24) is 0 Å². The van der Waals surface area contributed by atoms with Gasteiger partial charge in [0.05, 0.1) is 12.7 Å². The summed E-state index contributed by atoms with van der Waals surface area (Å²) in [5, 5.41) is 0. The van der Waals surface area contributed by atoms with Crippen molar-refractivity contribution in [2.45, 2.75) is 13.5 Å². The maximum absolute atomic E-state index is 12.0. The summed E-state index contributed by atoms with van der Waals surface area (Å²) in [5.74, 6) is 0.114. The van der Waals surface area contributed by atoms with Crippen LogP contribution in [0, 0.1) is 6.92 Å². The standard InChI is InChI=1S/C16H17NO3/c1-11-3-5-12(6-4-11)10-20-16(18)13-7-14(17)9-15(8-13)19-2/h3-9H,10,17H2,1-2H3. The predicted molar refractivity (Wildman–Crippen MR) is 77.7 cm³/mol. The molecule has 0 aliphatic heterocycles. The molecule has 20 heavy (non-hydrogen) atoms. The number of esters is 1. The molecule has 2 N–H and O–H groups in total. The first kappa shape index (κ1) is 13.9. The van der Waals surface area contributed by atoms with Crippen molar-refractivity contribution in [3.8, 4) is 5.75 Å². The SMILES string of the molecule is COc1cc(N)cc(C(=O)OCc2ccc(C)cc2)c1. The highest BCUT2D eigenvalue weighted by molar-refractivity contribution is 5.91. The monoisotopic (exact) mass is 271 g/mol. The Balaban J connectivity index is 2.04. The average molecular weight is 271 g/mol. The number of ether oxygens (including phenoxy) is 2. The second-order valence-electron chi connectivity index (χ2n) is 4.56. The van der Waals surface area contributed by atoms with E-state index in [1.807, 2.05) is 31.2 Å². The minimum Gasteiger partial charge on any atom is -0.497 e. The fraction of sp³-hybridized carbons (Fsp3) is 0.188. The molecule has 0 spiro atoms. The number of anilines is 1. The van der Waals surface area contributed by atoms with E-state index in [1.54, 1.807) is 18.2 Å². The maximum atomic E-state index is 12.0. The molecule has 2 rings (SSSR count).